The van der Waals surface area contributed by atoms with Crippen LogP contribution in [-0.2, 0) is 9.53 Å². The van der Waals surface area contributed by atoms with Crippen LogP contribution in [0.15, 0.2) is 24.3 Å². The number of ether oxygens (including phenoxy) is 1. The minimum absolute atomic E-state index is 0.0139. The zero-order valence-corrected chi connectivity index (χ0v) is 17.4. The van der Waals surface area contributed by atoms with Crippen LogP contribution in [0.2, 0.25) is 0 Å². The molecule has 29 heavy (non-hydrogen) atoms. The topological polar surface area (TPSA) is 61.9 Å². The fourth-order valence-electron chi connectivity index (χ4n) is 4.86. The van der Waals surface area contributed by atoms with Crippen molar-refractivity contribution in [2.24, 2.45) is 5.92 Å². The molecule has 0 bridgehead atoms. The van der Waals surface area contributed by atoms with Gasteiger partial charge in [-0.25, -0.2) is 0 Å². The standard InChI is InChI=1S/C23H33N3O3/c1-17-7-9-18(10-8-17)24-22(27)21-19-5-2-3-6-20(19)23(28)26(21)12-4-11-25-13-15-29-16-14-25/h2-3,5-6,17-18,21H,4,7-16H2,1H3,(H,24,27)/t17?,18?,21-/m1/s1. The van der Waals surface area contributed by atoms with E-state index in [-0.39, 0.29) is 17.9 Å². The molecule has 0 unspecified atom stereocenters. The Kier molecular flexibility index (Phi) is 6.50. The van der Waals surface area contributed by atoms with Crippen LogP contribution >= 0.6 is 0 Å². The van der Waals surface area contributed by atoms with Crippen LogP contribution in [0, 0.1) is 5.92 Å². The quantitative estimate of drug-likeness (QED) is 0.799. The van der Waals surface area contributed by atoms with Gasteiger partial charge in [0.15, 0.2) is 0 Å². The highest BCUT2D eigenvalue weighted by molar-refractivity contribution is 6.04. The third-order valence-corrected chi connectivity index (χ3v) is 6.65. The number of carbonyl (C=O) groups is 2. The Morgan fingerprint density at radius 2 is 1.83 bits per heavy atom. The lowest BCUT2D eigenvalue weighted by Gasteiger charge is -2.31. The maximum absolute atomic E-state index is 13.2. The molecule has 2 aliphatic heterocycles. The SMILES string of the molecule is CC1CCC(NC(=O)[C@H]2c3ccccc3C(=O)N2CCCN2CCOCC2)CC1. The van der Waals surface area contributed by atoms with Crippen LogP contribution < -0.4 is 5.32 Å². The van der Waals surface area contributed by atoms with Crippen LogP contribution in [0.5, 0.6) is 0 Å². The monoisotopic (exact) mass is 399 g/mol. The van der Waals surface area contributed by atoms with Gasteiger partial charge in [-0.1, -0.05) is 25.1 Å². The molecular weight excluding hydrogens is 366 g/mol. The Balaban J connectivity index is 1.42. The summed E-state index contributed by atoms with van der Waals surface area (Å²) in [5.74, 6) is 0.711. The average molecular weight is 400 g/mol. The van der Waals surface area contributed by atoms with E-state index >= 15 is 0 Å². The molecule has 1 saturated heterocycles. The van der Waals surface area contributed by atoms with Crippen molar-refractivity contribution in [3.05, 3.63) is 35.4 Å². The number of benzene rings is 1. The van der Waals surface area contributed by atoms with Gasteiger partial charge in [-0.3, -0.25) is 14.5 Å². The molecule has 1 aromatic rings. The first-order valence-corrected chi connectivity index (χ1v) is 11.1. The number of hydrogen-bond donors (Lipinski definition) is 1. The Morgan fingerprint density at radius 3 is 2.59 bits per heavy atom. The summed E-state index contributed by atoms with van der Waals surface area (Å²) < 4.78 is 5.41. The summed E-state index contributed by atoms with van der Waals surface area (Å²) in [4.78, 5) is 30.4. The average Bonchev–Trinajstić information content (AvgIpc) is 3.03. The van der Waals surface area contributed by atoms with Crippen LogP contribution in [0.25, 0.3) is 0 Å². The van der Waals surface area contributed by atoms with Gasteiger partial charge in [-0.05, 0) is 49.7 Å². The molecule has 6 heteroatoms. The second kappa shape index (κ2) is 9.26. The molecule has 1 aromatic carbocycles. The molecule has 1 saturated carbocycles. The lowest BCUT2D eigenvalue weighted by Crippen LogP contribution is -2.45. The molecule has 0 spiro atoms. The van der Waals surface area contributed by atoms with Gasteiger partial charge in [0.05, 0.1) is 13.2 Å². The highest BCUT2D eigenvalue weighted by Crippen LogP contribution is 2.34. The summed E-state index contributed by atoms with van der Waals surface area (Å²) in [7, 11) is 0. The minimum Gasteiger partial charge on any atom is -0.379 e. The van der Waals surface area contributed by atoms with Crippen molar-refractivity contribution in [2.45, 2.75) is 51.1 Å². The maximum atomic E-state index is 13.2. The van der Waals surface area contributed by atoms with Gasteiger partial charge in [0.1, 0.15) is 6.04 Å². The van der Waals surface area contributed by atoms with E-state index in [0.717, 1.165) is 76.4 Å². The predicted octanol–water partition coefficient (Wildman–Crippen LogP) is 2.60. The Hall–Kier alpha value is -1.92. The number of amides is 2. The molecule has 1 N–H and O–H groups in total. The molecule has 2 amide bonds. The van der Waals surface area contributed by atoms with Gasteiger partial charge in [0, 0.05) is 37.8 Å². The van der Waals surface area contributed by atoms with E-state index in [1.54, 1.807) is 4.90 Å². The second-order valence-electron chi connectivity index (χ2n) is 8.76. The Morgan fingerprint density at radius 1 is 1.10 bits per heavy atom. The second-order valence-corrected chi connectivity index (χ2v) is 8.76. The van der Waals surface area contributed by atoms with Crippen LogP contribution in [-0.4, -0.2) is 67.0 Å². The molecule has 3 aliphatic rings. The van der Waals surface area contributed by atoms with Gasteiger partial charge in [-0.15, -0.1) is 0 Å². The van der Waals surface area contributed by atoms with E-state index in [2.05, 4.69) is 17.1 Å². The number of rotatable bonds is 6. The fourth-order valence-corrected chi connectivity index (χ4v) is 4.86. The number of nitrogens with one attached hydrogen (secondary N) is 1. The van der Waals surface area contributed by atoms with Crippen molar-refractivity contribution in [3.63, 3.8) is 0 Å². The molecule has 4 rings (SSSR count). The summed E-state index contributed by atoms with van der Waals surface area (Å²) in [5.41, 5.74) is 1.53. The lowest BCUT2D eigenvalue weighted by atomic mass is 9.87. The van der Waals surface area contributed by atoms with E-state index < -0.39 is 6.04 Å². The fraction of sp³-hybridized carbons (Fsp3) is 0.652. The highest BCUT2D eigenvalue weighted by Gasteiger charge is 2.41. The van der Waals surface area contributed by atoms with Gasteiger partial charge < -0.3 is 15.0 Å². The van der Waals surface area contributed by atoms with Crippen molar-refractivity contribution >= 4 is 11.8 Å². The zero-order valence-electron chi connectivity index (χ0n) is 17.4. The Labute approximate surface area is 173 Å². The van der Waals surface area contributed by atoms with Crippen molar-refractivity contribution in [3.8, 4) is 0 Å². The molecule has 2 heterocycles. The predicted molar refractivity (Wildman–Crippen MR) is 112 cm³/mol. The number of carbonyl (C=O) groups excluding carboxylic acids is 2. The number of morpholine rings is 1. The lowest BCUT2D eigenvalue weighted by molar-refractivity contribution is -0.126. The Bertz CT molecular complexity index is 724. The molecule has 6 nitrogen and oxygen atoms in total. The summed E-state index contributed by atoms with van der Waals surface area (Å²) in [6.07, 6.45) is 5.26. The van der Waals surface area contributed by atoms with E-state index in [1.807, 2.05) is 24.3 Å². The minimum atomic E-state index is -0.497. The van der Waals surface area contributed by atoms with E-state index in [9.17, 15) is 9.59 Å². The molecule has 158 valence electrons. The summed E-state index contributed by atoms with van der Waals surface area (Å²) >= 11 is 0. The largest absolute Gasteiger partial charge is 0.379 e. The molecule has 0 aromatic heterocycles. The van der Waals surface area contributed by atoms with Gasteiger partial charge in [-0.2, -0.15) is 0 Å². The molecule has 2 fully saturated rings. The molecule has 0 radical (unpaired) electrons. The molecular formula is C23H33N3O3. The van der Waals surface area contributed by atoms with Gasteiger partial charge in [0.25, 0.3) is 5.91 Å². The van der Waals surface area contributed by atoms with Crippen LogP contribution in [0.4, 0.5) is 0 Å². The van der Waals surface area contributed by atoms with E-state index in [0.29, 0.717) is 12.1 Å². The summed E-state index contributed by atoms with van der Waals surface area (Å²) in [6, 6.07) is 7.32. The van der Waals surface area contributed by atoms with E-state index in [1.165, 1.54) is 0 Å². The van der Waals surface area contributed by atoms with Crippen LogP contribution in [0.1, 0.15) is 61.0 Å². The highest BCUT2D eigenvalue weighted by atomic mass is 16.5. The zero-order chi connectivity index (χ0) is 20.2. The van der Waals surface area contributed by atoms with E-state index in [4.69, 9.17) is 4.74 Å². The number of fused-ring (bicyclic) bond motifs is 1. The third-order valence-electron chi connectivity index (χ3n) is 6.65. The normalized spacial score (nSPS) is 27.7. The van der Waals surface area contributed by atoms with Crippen molar-refractivity contribution < 1.29 is 14.3 Å². The molecule has 1 aliphatic carbocycles. The van der Waals surface area contributed by atoms with Crippen molar-refractivity contribution in [1.82, 2.24) is 15.1 Å². The maximum Gasteiger partial charge on any atom is 0.255 e. The molecule has 1 atom stereocenters. The van der Waals surface area contributed by atoms with Gasteiger partial charge >= 0.3 is 0 Å². The van der Waals surface area contributed by atoms with Crippen molar-refractivity contribution in [1.29, 1.82) is 0 Å². The summed E-state index contributed by atoms with van der Waals surface area (Å²) in [5, 5.41) is 3.25. The van der Waals surface area contributed by atoms with Crippen molar-refractivity contribution in [2.75, 3.05) is 39.4 Å². The first-order valence-electron chi connectivity index (χ1n) is 11.1. The third kappa shape index (κ3) is 4.64. The van der Waals surface area contributed by atoms with Gasteiger partial charge in [0.2, 0.25) is 5.91 Å². The summed E-state index contributed by atoms with van der Waals surface area (Å²) in [6.45, 7) is 7.25. The first kappa shape index (κ1) is 20.4. The first-order chi connectivity index (χ1) is 14.1. The number of nitrogens with zero attached hydrogens (tertiary/aromatic N) is 2. The smallest absolute Gasteiger partial charge is 0.255 e. The number of hydrogen-bond acceptors (Lipinski definition) is 4. The van der Waals surface area contributed by atoms with Crippen LogP contribution in [0.3, 0.4) is 0 Å².